The average molecular weight is 501 g/mol. The average Bonchev–Trinajstić information content (AvgIpc) is 2.85. The second-order valence-electron chi connectivity index (χ2n) is 7.15. The largest absolute Gasteiger partial charge is 0.496 e. The maximum atomic E-state index is 12.8. The highest BCUT2D eigenvalue weighted by Gasteiger charge is 2.18. The molecule has 0 unspecified atom stereocenters. The summed E-state index contributed by atoms with van der Waals surface area (Å²) in [5.41, 5.74) is 2.33. The highest BCUT2D eigenvalue weighted by Crippen LogP contribution is 2.32. The van der Waals surface area contributed by atoms with Crippen LogP contribution in [0.15, 0.2) is 59.5 Å². The molecule has 9 heteroatoms. The van der Waals surface area contributed by atoms with E-state index in [1.54, 1.807) is 42.5 Å². The van der Waals surface area contributed by atoms with Gasteiger partial charge in [-0.2, -0.15) is 0 Å². The van der Waals surface area contributed by atoms with Crippen molar-refractivity contribution in [1.29, 1.82) is 0 Å². The quantitative estimate of drug-likeness (QED) is 0.369. The van der Waals surface area contributed by atoms with Crippen LogP contribution in [0.3, 0.4) is 0 Å². The van der Waals surface area contributed by atoms with Crippen LogP contribution in [0.4, 0.5) is 11.4 Å². The number of hydrogen-bond acceptors (Lipinski definition) is 6. The van der Waals surface area contributed by atoms with Gasteiger partial charge in [0.1, 0.15) is 22.8 Å². The summed E-state index contributed by atoms with van der Waals surface area (Å²) in [4.78, 5) is 26.1. The van der Waals surface area contributed by atoms with Gasteiger partial charge in [0.2, 0.25) is 5.91 Å². The Labute approximate surface area is 207 Å². The van der Waals surface area contributed by atoms with Gasteiger partial charge in [0.25, 0.3) is 5.91 Å². The van der Waals surface area contributed by atoms with Gasteiger partial charge >= 0.3 is 0 Å². The zero-order valence-corrected chi connectivity index (χ0v) is 20.8. The van der Waals surface area contributed by atoms with Crippen LogP contribution in [0.2, 0.25) is 5.02 Å². The Morgan fingerprint density at radius 3 is 2.09 bits per heavy atom. The van der Waals surface area contributed by atoms with Gasteiger partial charge in [0, 0.05) is 21.7 Å². The topological polar surface area (TPSA) is 85.9 Å². The van der Waals surface area contributed by atoms with E-state index < -0.39 is 0 Å². The summed E-state index contributed by atoms with van der Waals surface area (Å²) in [6, 6.07) is 15.8. The molecule has 3 rings (SSSR count). The highest BCUT2D eigenvalue weighted by molar-refractivity contribution is 8.00. The zero-order valence-electron chi connectivity index (χ0n) is 19.2. The monoisotopic (exact) mass is 500 g/mol. The van der Waals surface area contributed by atoms with Crippen molar-refractivity contribution in [3.8, 4) is 17.2 Å². The first-order chi connectivity index (χ1) is 16.4. The summed E-state index contributed by atoms with van der Waals surface area (Å²) in [6.07, 6.45) is 0. The normalized spacial score (nSPS) is 10.4. The van der Waals surface area contributed by atoms with Crippen LogP contribution in [-0.2, 0) is 4.79 Å². The van der Waals surface area contributed by atoms with Crippen LogP contribution >= 0.6 is 23.4 Å². The fourth-order valence-corrected chi connectivity index (χ4v) is 4.02. The third kappa shape index (κ3) is 6.15. The van der Waals surface area contributed by atoms with Gasteiger partial charge in [0.15, 0.2) is 0 Å². The third-order valence-electron chi connectivity index (χ3n) is 4.89. The van der Waals surface area contributed by atoms with E-state index >= 15 is 0 Å². The molecule has 0 aliphatic carbocycles. The van der Waals surface area contributed by atoms with Crippen molar-refractivity contribution >= 4 is 46.6 Å². The smallest absolute Gasteiger partial charge is 0.263 e. The minimum absolute atomic E-state index is 0.175. The number of aryl methyl sites for hydroxylation is 1. The molecule has 0 saturated heterocycles. The lowest BCUT2D eigenvalue weighted by atomic mass is 10.1. The molecule has 0 aromatic heterocycles. The highest BCUT2D eigenvalue weighted by atomic mass is 35.5. The second kappa shape index (κ2) is 11.7. The van der Waals surface area contributed by atoms with Crippen LogP contribution in [0.25, 0.3) is 0 Å². The Hall–Kier alpha value is -3.36. The molecule has 7 nitrogen and oxygen atoms in total. The maximum Gasteiger partial charge on any atom is 0.263 e. The summed E-state index contributed by atoms with van der Waals surface area (Å²) in [6.45, 7) is 1.86. The van der Waals surface area contributed by atoms with Gasteiger partial charge in [-0.1, -0.05) is 17.7 Å². The van der Waals surface area contributed by atoms with E-state index in [2.05, 4.69) is 10.6 Å². The molecule has 0 radical (unpaired) electrons. The molecule has 34 heavy (non-hydrogen) atoms. The van der Waals surface area contributed by atoms with Crippen molar-refractivity contribution in [1.82, 2.24) is 0 Å². The Morgan fingerprint density at radius 1 is 0.882 bits per heavy atom. The van der Waals surface area contributed by atoms with E-state index in [-0.39, 0.29) is 17.6 Å². The lowest BCUT2D eigenvalue weighted by Gasteiger charge is -2.13. The fourth-order valence-electron chi connectivity index (χ4n) is 3.17. The molecule has 178 valence electrons. The lowest BCUT2D eigenvalue weighted by Crippen LogP contribution is -2.15. The molecule has 3 aromatic rings. The van der Waals surface area contributed by atoms with Crippen LogP contribution in [0.1, 0.15) is 15.9 Å². The summed E-state index contributed by atoms with van der Waals surface area (Å²) in [7, 11) is 4.52. The van der Waals surface area contributed by atoms with Crippen molar-refractivity contribution in [3.63, 3.8) is 0 Å². The number of rotatable bonds is 9. The molecule has 2 amide bonds. The summed E-state index contributed by atoms with van der Waals surface area (Å²) >= 11 is 7.49. The SMILES string of the molecule is COc1cc(Cl)c(C)cc1NC(=O)CSc1ccc(NC(=O)c2c(OC)cccc2OC)cc1. The first-order valence-corrected chi connectivity index (χ1v) is 11.6. The van der Waals surface area contributed by atoms with E-state index in [1.165, 1.54) is 33.1 Å². The summed E-state index contributed by atoms with van der Waals surface area (Å²) < 4.78 is 15.9. The number of amides is 2. The van der Waals surface area contributed by atoms with Crippen LogP contribution in [0.5, 0.6) is 17.2 Å². The lowest BCUT2D eigenvalue weighted by molar-refractivity contribution is -0.113. The standard InChI is InChI=1S/C25H25ClN2O5S/c1-15-12-19(22(33-4)13-18(15)26)28-23(29)14-34-17-10-8-16(9-11-17)27-25(30)24-20(31-2)6-5-7-21(24)32-3/h5-13H,14H2,1-4H3,(H,27,30)(H,28,29). The van der Waals surface area contributed by atoms with Gasteiger partial charge in [-0.25, -0.2) is 0 Å². The number of thioether (sulfide) groups is 1. The predicted octanol–water partition coefficient (Wildman–Crippen LogP) is 5.66. The van der Waals surface area contributed by atoms with Gasteiger partial charge in [-0.05, 0) is 55.0 Å². The van der Waals surface area contributed by atoms with E-state index in [0.717, 1.165) is 10.5 Å². The molecule has 0 fully saturated rings. The molecular weight excluding hydrogens is 476 g/mol. The maximum absolute atomic E-state index is 12.8. The number of methoxy groups -OCH3 is 3. The summed E-state index contributed by atoms with van der Waals surface area (Å²) in [5, 5.41) is 6.27. The molecule has 0 spiro atoms. The van der Waals surface area contributed by atoms with Crippen LogP contribution in [-0.4, -0.2) is 38.9 Å². The van der Waals surface area contributed by atoms with Crippen LogP contribution < -0.4 is 24.8 Å². The zero-order chi connectivity index (χ0) is 24.7. The molecule has 0 saturated carbocycles. The Kier molecular flexibility index (Phi) is 8.67. The first kappa shape index (κ1) is 25.3. The molecule has 3 aromatic carbocycles. The molecule has 0 bridgehead atoms. The van der Waals surface area contributed by atoms with Crippen molar-refractivity contribution in [2.75, 3.05) is 37.7 Å². The number of anilines is 2. The Morgan fingerprint density at radius 2 is 1.50 bits per heavy atom. The van der Waals surface area contributed by atoms with Crippen LogP contribution in [0, 0.1) is 6.92 Å². The predicted molar refractivity (Wildman–Crippen MR) is 136 cm³/mol. The molecule has 0 atom stereocenters. The molecule has 0 heterocycles. The fraction of sp³-hybridized carbons (Fsp3) is 0.200. The van der Waals surface area contributed by atoms with Gasteiger partial charge in [-0.15, -0.1) is 11.8 Å². The molecule has 0 aliphatic heterocycles. The van der Waals surface area contributed by atoms with E-state index in [1.807, 2.05) is 19.1 Å². The van der Waals surface area contributed by atoms with Crippen molar-refractivity contribution in [3.05, 3.63) is 70.7 Å². The van der Waals surface area contributed by atoms with E-state index in [9.17, 15) is 9.59 Å². The number of benzene rings is 3. The van der Waals surface area contributed by atoms with Gasteiger partial charge in [-0.3, -0.25) is 9.59 Å². The van der Waals surface area contributed by atoms with E-state index in [4.69, 9.17) is 25.8 Å². The minimum atomic E-state index is -0.346. The minimum Gasteiger partial charge on any atom is -0.496 e. The number of hydrogen-bond donors (Lipinski definition) is 2. The third-order valence-corrected chi connectivity index (χ3v) is 6.31. The molecule has 0 aliphatic rings. The second-order valence-corrected chi connectivity index (χ2v) is 8.61. The molecule has 2 N–H and O–H groups in total. The Bertz CT molecular complexity index is 1160. The van der Waals surface area contributed by atoms with Gasteiger partial charge < -0.3 is 24.8 Å². The first-order valence-electron chi connectivity index (χ1n) is 10.3. The number of carbonyl (C=O) groups excluding carboxylic acids is 2. The van der Waals surface area contributed by atoms with Crippen molar-refractivity contribution in [2.45, 2.75) is 11.8 Å². The number of halogens is 1. The van der Waals surface area contributed by atoms with Crippen molar-refractivity contribution < 1.29 is 23.8 Å². The number of ether oxygens (including phenoxy) is 3. The van der Waals surface area contributed by atoms with Gasteiger partial charge in [0.05, 0.1) is 32.8 Å². The Balaban J connectivity index is 1.60. The summed E-state index contributed by atoms with van der Waals surface area (Å²) in [5.74, 6) is 1.02. The number of carbonyl (C=O) groups is 2. The van der Waals surface area contributed by atoms with E-state index in [0.29, 0.717) is 39.2 Å². The molecular formula is C25H25ClN2O5S. The van der Waals surface area contributed by atoms with Crippen molar-refractivity contribution in [2.24, 2.45) is 0 Å². The number of nitrogens with one attached hydrogen (secondary N) is 2.